The third kappa shape index (κ3) is 2.19. The molecule has 0 amide bonds. The van der Waals surface area contributed by atoms with Crippen LogP contribution < -0.4 is 5.32 Å². The lowest BCUT2D eigenvalue weighted by atomic mass is 9.72. The summed E-state index contributed by atoms with van der Waals surface area (Å²) in [6.45, 7) is 4.46. The molecule has 1 aliphatic rings. The first-order valence-electron chi connectivity index (χ1n) is 5.74. The second-order valence-electron chi connectivity index (χ2n) is 4.50. The van der Waals surface area contributed by atoms with E-state index in [0.717, 1.165) is 18.1 Å². The standard InChI is InChI=1S/C13H18ClN/c1-2-3-7-13(9-15-10-13)11-5-4-6-12(14)8-11/h4-6,8,15H,2-3,7,9-10H2,1H3. The van der Waals surface area contributed by atoms with Gasteiger partial charge in [0.15, 0.2) is 0 Å². The third-order valence-electron chi connectivity index (χ3n) is 3.37. The van der Waals surface area contributed by atoms with Crippen LogP contribution in [0.3, 0.4) is 0 Å². The van der Waals surface area contributed by atoms with Gasteiger partial charge in [-0.15, -0.1) is 0 Å². The Bertz CT molecular complexity index is 331. The Balaban J connectivity index is 2.18. The molecular formula is C13H18ClN. The molecule has 0 bridgehead atoms. The number of hydrogen-bond acceptors (Lipinski definition) is 1. The highest BCUT2D eigenvalue weighted by molar-refractivity contribution is 6.30. The fourth-order valence-electron chi connectivity index (χ4n) is 2.29. The van der Waals surface area contributed by atoms with Crippen LogP contribution in [-0.2, 0) is 5.41 Å². The smallest absolute Gasteiger partial charge is 0.0408 e. The molecule has 1 aromatic carbocycles. The summed E-state index contributed by atoms with van der Waals surface area (Å²) in [5, 5.41) is 4.24. The summed E-state index contributed by atoms with van der Waals surface area (Å²) in [4.78, 5) is 0. The zero-order valence-corrected chi connectivity index (χ0v) is 9.98. The highest BCUT2D eigenvalue weighted by Gasteiger charge is 2.37. The fraction of sp³-hybridized carbons (Fsp3) is 0.538. The van der Waals surface area contributed by atoms with Crippen LogP contribution in [0.4, 0.5) is 0 Å². The Morgan fingerprint density at radius 3 is 2.73 bits per heavy atom. The van der Waals surface area contributed by atoms with Crippen LogP contribution in [0.15, 0.2) is 24.3 Å². The van der Waals surface area contributed by atoms with Crippen LogP contribution in [0.2, 0.25) is 5.02 Å². The summed E-state index contributed by atoms with van der Waals surface area (Å²) < 4.78 is 0. The first-order valence-corrected chi connectivity index (χ1v) is 6.11. The number of rotatable bonds is 4. The van der Waals surface area contributed by atoms with Gasteiger partial charge >= 0.3 is 0 Å². The van der Waals surface area contributed by atoms with Crippen molar-refractivity contribution >= 4 is 11.6 Å². The first-order chi connectivity index (χ1) is 7.27. The predicted molar refractivity (Wildman–Crippen MR) is 65.5 cm³/mol. The molecule has 1 N–H and O–H groups in total. The van der Waals surface area contributed by atoms with E-state index in [2.05, 4.69) is 30.4 Å². The first kappa shape index (κ1) is 11.0. The number of unbranched alkanes of at least 4 members (excludes halogenated alkanes) is 1. The lowest BCUT2D eigenvalue weighted by Gasteiger charge is -2.43. The van der Waals surface area contributed by atoms with Gasteiger partial charge in [0.2, 0.25) is 0 Å². The van der Waals surface area contributed by atoms with Gasteiger partial charge < -0.3 is 5.32 Å². The van der Waals surface area contributed by atoms with Gasteiger partial charge in [0.05, 0.1) is 0 Å². The molecule has 1 aromatic rings. The van der Waals surface area contributed by atoms with Crippen molar-refractivity contribution in [3.63, 3.8) is 0 Å². The maximum absolute atomic E-state index is 6.05. The van der Waals surface area contributed by atoms with E-state index in [1.807, 2.05) is 6.07 Å². The van der Waals surface area contributed by atoms with Gasteiger partial charge in [-0.25, -0.2) is 0 Å². The maximum Gasteiger partial charge on any atom is 0.0408 e. The molecule has 1 aliphatic heterocycles. The molecule has 0 aromatic heterocycles. The number of nitrogens with one attached hydrogen (secondary N) is 1. The number of benzene rings is 1. The Hall–Kier alpha value is -0.530. The van der Waals surface area contributed by atoms with Gasteiger partial charge in [-0.3, -0.25) is 0 Å². The molecule has 0 unspecified atom stereocenters. The average molecular weight is 224 g/mol. The topological polar surface area (TPSA) is 12.0 Å². The molecule has 82 valence electrons. The van der Waals surface area contributed by atoms with Crippen LogP contribution in [0.1, 0.15) is 31.7 Å². The van der Waals surface area contributed by atoms with E-state index in [4.69, 9.17) is 11.6 Å². The van der Waals surface area contributed by atoms with E-state index in [0.29, 0.717) is 5.41 Å². The van der Waals surface area contributed by atoms with Crippen LogP contribution in [0.5, 0.6) is 0 Å². The van der Waals surface area contributed by atoms with E-state index >= 15 is 0 Å². The zero-order chi connectivity index (χ0) is 10.7. The summed E-state index contributed by atoms with van der Waals surface area (Å²) >= 11 is 6.05. The van der Waals surface area contributed by atoms with Crippen LogP contribution in [0.25, 0.3) is 0 Å². The van der Waals surface area contributed by atoms with E-state index in [1.54, 1.807) is 0 Å². The molecule has 0 spiro atoms. The lowest BCUT2D eigenvalue weighted by Crippen LogP contribution is -2.56. The third-order valence-corrected chi connectivity index (χ3v) is 3.61. The van der Waals surface area contributed by atoms with Gasteiger partial charge in [0.1, 0.15) is 0 Å². The van der Waals surface area contributed by atoms with Crippen LogP contribution in [-0.4, -0.2) is 13.1 Å². The van der Waals surface area contributed by atoms with Crippen molar-refractivity contribution in [1.29, 1.82) is 0 Å². The Labute approximate surface area is 96.8 Å². The lowest BCUT2D eigenvalue weighted by molar-refractivity contribution is 0.251. The van der Waals surface area contributed by atoms with Gasteiger partial charge in [0.25, 0.3) is 0 Å². The Morgan fingerprint density at radius 1 is 1.40 bits per heavy atom. The van der Waals surface area contributed by atoms with Crippen molar-refractivity contribution < 1.29 is 0 Å². The molecule has 1 fully saturated rings. The molecule has 0 atom stereocenters. The normalized spacial score (nSPS) is 18.5. The van der Waals surface area contributed by atoms with Crippen molar-refractivity contribution in [2.45, 2.75) is 31.6 Å². The monoisotopic (exact) mass is 223 g/mol. The van der Waals surface area contributed by atoms with E-state index < -0.39 is 0 Å². The summed E-state index contributed by atoms with van der Waals surface area (Å²) in [7, 11) is 0. The predicted octanol–water partition coefficient (Wildman–Crippen LogP) is 3.37. The summed E-state index contributed by atoms with van der Waals surface area (Å²) in [5.74, 6) is 0. The number of halogens is 1. The number of hydrogen-bond donors (Lipinski definition) is 1. The van der Waals surface area contributed by atoms with E-state index in [9.17, 15) is 0 Å². The van der Waals surface area contributed by atoms with Crippen molar-refractivity contribution in [2.75, 3.05) is 13.1 Å². The highest BCUT2D eigenvalue weighted by atomic mass is 35.5. The molecule has 1 saturated heterocycles. The van der Waals surface area contributed by atoms with Gasteiger partial charge in [-0.05, 0) is 24.1 Å². The summed E-state index contributed by atoms with van der Waals surface area (Å²) in [5.41, 5.74) is 1.77. The van der Waals surface area contributed by atoms with Crippen molar-refractivity contribution in [3.05, 3.63) is 34.9 Å². The molecule has 0 aliphatic carbocycles. The van der Waals surface area contributed by atoms with Crippen molar-refractivity contribution in [1.82, 2.24) is 5.32 Å². The highest BCUT2D eigenvalue weighted by Crippen LogP contribution is 2.34. The molecule has 2 rings (SSSR count). The largest absolute Gasteiger partial charge is 0.315 e. The van der Waals surface area contributed by atoms with Crippen LogP contribution >= 0.6 is 11.6 Å². The maximum atomic E-state index is 6.05. The molecule has 1 nitrogen and oxygen atoms in total. The molecule has 0 radical (unpaired) electrons. The molecular weight excluding hydrogens is 206 g/mol. The van der Waals surface area contributed by atoms with Gasteiger partial charge in [0, 0.05) is 23.5 Å². The van der Waals surface area contributed by atoms with E-state index in [-0.39, 0.29) is 0 Å². The Kier molecular flexibility index (Phi) is 3.32. The molecule has 0 saturated carbocycles. The minimum Gasteiger partial charge on any atom is -0.315 e. The second-order valence-corrected chi connectivity index (χ2v) is 4.93. The van der Waals surface area contributed by atoms with Crippen molar-refractivity contribution in [2.24, 2.45) is 0 Å². The van der Waals surface area contributed by atoms with E-state index in [1.165, 1.54) is 24.8 Å². The quantitative estimate of drug-likeness (QED) is 0.826. The minimum absolute atomic E-state index is 0.362. The van der Waals surface area contributed by atoms with Gasteiger partial charge in [-0.2, -0.15) is 0 Å². The SMILES string of the molecule is CCCCC1(c2cccc(Cl)c2)CNC1. The zero-order valence-electron chi connectivity index (χ0n) is 9.22. The van der Waals surface area contributed by atoms with Crippen LogP contribution in [0, 0.1) is 0 Å². The van der Waals surface area contributed by atoms with Gasteiger partial charge in [-0.1, -0.05) is 43.5 Å². The molecule has 1 heterocycles. The second kappa shape index (κ2) is 4.54. The fourth-order valence-corrected chi connectivity index (χ4v) is 2.48. The molecule has 15 heavy (non-hydrogen) atoms. The average Bonchev–Trinajstić information content (AvgIpc) is 2.16. The minimum atomic E-state index is 0.362. The summed E-state index contributed by atoms with van der Waals surface area (Å²) in [6.07, 6.45) is 3.84. The van der Waals surface area contributed by atoms with Crippen molar-refractivity contribution in [3.8, 4) is 0 Å². The molecule has 2 heteroatoms. The summed E-state index contributed by atoms with van der Waals surface area (Å²) in [6, 6.07) is 8.34. The Morgan fingerprint density at radius 2 is 2.20 bits per heavy atom.